The van der Waals surface area contributed by atoms with Gasteiger partial charge in [0.25, 0.3) is 9.05 Å². The fraction of sp³-hybridized carbons (Fsp3) is 0.583. The van der Waals surface area contributed by atoms with Crippen molar-refractivity contribution >= 4 is 37.0 Å². The largest absolute Gasteiger partial charge is 0.342 e. The monoisotopic (exact) mass is 321 g/mol. The van der Waals surface area contributed by atoms with Gasteiger partial charge in [0, 0.05) is 28.6 Å². The Labute approximate surface area is 121 Å². The number of thiophene rings is 1. The van der Waals surface area contributed by atoms with Gasteiger partial charge in [-0.25, -0.2) is 8.42 Å². The molecule has 1 aromatic heterocycles. The first kappa shape index (κ1) is 14.8. The summed E-state index contributed by atoms with van der Waals surface area (Å²) in [6, 6.07) is 3.10. The van der Waals surface area contributed by atoms with Crippen LogP contribution in [-0.2, 0) is 20.3 Å². The molecule has 7 heteroatoms. The molecule has 1 fully saturated rings. The highest BCUT2D eigenvalue weighted by Gasteiger charge is 2.29. The van der Waals surface area contributed by atoms with Crippen LogP contribution in [0.1, 0.15) is 18.7 Å². The Morgan fingerprint density at radius 3 is 2.42 bits per heavy atom. The normalized spacial score (nSPS) is 23.8. The Hall–Kier alpha value is -0.590. The Bertz CT molecular complexity index is 572. The van der Waals surface area contributed by atoms with Gasteiger partial charge in [-0.15, -0.1) is 11.3 Å². The molecule has 0 spiro atoms. The van der Waals surface area contributed by atoms with Crippen molar-refractivity contribution in [3.8, 4) is 0 Å². The lowest BCUT2D eigenvalue weighted by molar-refractivity contribution is -0.129. The van der Waals surface area contributed by atoms with E-state index < -0.39 is 9.05 Å². The number of halogens is 1. The summed E-state index contributed by atoms with van der Waals surface area (Å²) in [5.41, 5.74) is 0. The summed E-state index contributed by atoms with van der Waals surface area (Å²) in [6.07, 6.45) is 0.247. The van der Waals surface area contributed by atoms with Gasteiger partial charge in [0.05, 0.1) is 6.42 Å². The van der Waals surface area contributed by atoms with E-state index in [1.54, 1.807) is 6.07 Å². The maximum Gasteiger partial charge on any atom is 0.270 e. The van der Waals surface area contributed by atoms with Gasteiger partial charge in [-0.05, 0) is 24.0 Å². The number of likely N-dealkylation sites (tertiary alicyclic amines) is 1. The minimum Gasteiger partial charge on any atom is -0.342 e. The van der Waals surface area contributed by atoms with Crippen LogP contribution in [0.25, 0.3) is 0 Å². The van der Waals surface area contributed by atoms with E-state index in [0.717, 1.165) is 29.3 Å². The summed E-state index contributed by atoms with van der Waals surface area (Å²) in [4.78, 5) is 14.7. The lowest BCUT2D eigenvalue weighted by Crippen LogP contribution is -2.30. The van der Waals surface area contributed by atoms with Gasteiger partial charge in [0.1, 0.15) is 4.21 Å². The zero-order chi connectivity index (χ0) is 14.2. The van der Waals surface area contributed by atoms with Crippen LogP contribution >= 0.6 is 22.0 Å². The number of hydrogen-bond acceptors (Lipinski definition) is 4. The molecule has 0 aliphatic carbocycles. The molecular formula is C12H16ClNO3S2. The zero-order valence-corrected chi connectivity index (χ0v) is 13.2. The molecule has 2 unspecified atom stereocenters. The van der Waals surface area contributed by atoms with Crippen molar-refractivity contribution in [2.75, 3.05) is 13.1 Å². The van der Waals surface area contributed by atoms with Crippen molar-refractivity contribution in [2.24, 2.45) is 11.8 Å². The molecule has 0 radical (unpaired) electrons. The number of carbonyl (C=O) groups excluding carboxylic acids is 1. The van der Waals surface area contributed by atoms with Crippen LogP contribution in [0.15, 0.2) is 16.3 Å². The summed E-state index contributed by atoms with van der Waals surface area (Å²) in [5, 5.41) is 0. The average Bonchev–Trinajstić information content (AvgIpc) is 2.86. The van der Waals surface area contributed by atoms with Crippen LogP contribution in [0.5, 0.6) is 0 Å². The quantitative estimate of drug-likeness (QED) is 0.803. The summed E-state index contributed by atoms with van der Waals surface area (Å²) in [5.74, 6) is 1.09. The highest BCUT2D eigenvalue weighted by atomic mass is 35.7. The molecule has 2 rings (SSSR count). The van der Waals surface area contributed by atoms with Crippen molar-refractivity contribution in [3.63, 3.8) is 0 Å². The summed E-state index contributed by atoms with van der Waals surface area (Å²) in [7, 11) is 1.57. The van der Waals surface area contributed by atoms with Gasteiger partial charge < -0.3 is 4.90 Å². The van der Waals surface area contributed by atoms with Crippen LogP contribution in [0.2, 0.25) is 0 Å². The number of hydrogen-bond donors (Lipinski definition) is 0. The zero-order valence-electron chi connectivity index (χ0n) is 10.8. The minimum atomic E-state index is -3.69. The lowest BCUT2D eigenvalue weighted by Gasteiger charge is -2.15. The van der Waals surface area contributed by atoms with E-state index >= 15 is 0 Å². The van der Waals surface area contributed by atoms with Crippen molar-refractivity contribution in [1.29, 1.82) is 0 Å². The molecule has 0 N–H and O–H groups in total. The SMILES string of the molecule is CC1CN(C(=O)Cc2ccc(S(=O)(=O)Cl)s2)CC1C. The summed E-state index contributed by atoms with van der Waals surface area (Å²) < 4.78 is 22.4. The molecule has 2 heterocycles. The average molecular weight is 322 g/mol. The first-order chi connectivity index (χ1) is 8.77. The Balaban J connectivity index is 2.02. The highest BCUT2D eigenvalue weighted by molar-refractivity contribution is 8.15. The molecule has 0 aromatic carbocycles. The van der Waals surface area contributed by atoms with Gasteiger partial charge in [0.2, 0.25) is 5.91 Å². The second-order valence-electron chi connectivity index (χ2n) is 5.09. The van der Waals surface area contributed by atoms with Crippen molar-refractivity contribution in [1.82, 2.24) is 4.90 Å². The number of amides is 1. The molecule has 1 amide bonds. The first-order valence-electron chi connectivity index (χ1n) is 6.08. The lowest BCUT2D eigenvalue weighted by atomic mass is 10.0. The first-order valence-corrected chi connectivity index (χ1v) is 9.21. The molecule has 106 valence electrons. The molecule has 1 aliphatic rings. The predicted molar refractivity (Wildman–Crippen MR) is 76.0 cm³/mol. The van der Waals surface area contributed by atoms with Crippen molar-refractivity contribution in [2.45, 2.75) is 24.5 Å². The van der Waals surface area contributed by atoms with Crippen LogP contribution in [-0.4, -0.2) is 32.3 Å². The van der Waals surface area contributed by atoms with E-state index in [9.17, 15) is 13.2 Å². The van der Waals surface area contributed by atoms with E-state index in [0.29, 0.717) is 11.8 Å². The van der Waals surface area contributed by atoms with E-state index in [1.165, 1.54) is 6.07 Å². The molecule has 4 nitrogen and oxygen atoms in total. The van der Waals surface area contributed by atoms with E-state index in [2.05, 4.69) is 13.8 Å². The maximum absolute atomic E-state index is 12.1. The number of nitrogens with zero attached hydrogens (tertiary/aromatic N) is 1. The van der Waals surface area contributed by atoms with Gasteiger partial charge in [-0.1, -0.05) is 13.8 Å². The van der Waals surface area contributed by atoms with Crippen molar-refractivity contribution < 1.29 is 13.2 Å². The molecule has 1 saturated heterocycles. The van der Waals surface area contributed by atoms with Crippen LogP contribution < -0.4 is 0 Å². The minimum absolute atomic E-state index is 0.0524. The van der Waals surface area contributed by atoms with E-state index in [4.69, 9.17) is 10.7 Å². The van der Waals surface area contributed by atoms with Gasteiger partial charge in [0.15, 0.2) is 0 Å². The second-order valence-corrected chi connectivity index (χ2v) is 9.05. The van der Waals surface area contributed by atoms with Gasteiger partial charge in [-0.2, -0.15) is 0 Å². The van der Waals surface area contributed by atoms with Crippen LogP contribution in [0.4, 0.5) is 0 Å². The van der Waals surface area contributed by atoms with Gasteiger partial charge >= 0.3 is 0 Å². The Morgan fingerprint density at radius 2 is 1.95 bits per heavy atom. The second kappa shape index (κ2) is 5.42. The molecule has 0 bridgehead atoms. The van der Waals surface area contributed by atoms with Crippen molar-refractivity contribution in [3.05, 3.63) is 17.0 Å². The molecule has 0 saturated carbocycles. The smallest absolute Gasteiger partial charge is 0.270 e. The third kappa shape index (κ3) is 3.49. The number of rotatable bonds is 3. The number of carbonyl (C=O) groups is 1. The molecule has 2 atom stereocenters. The highest BCUT2D eigenvalue weighted by Crippen LogP contribution is 2.27. The van der Waals surface area contributed by atoms with E-state index in [-0.39, 0.29) is 16.5 Å². The fourth-order valence-electron chi connectivity index (χ4n) is 2.18. The Morgan fingerprint density at radius 1 is 1.37 bits per heavy atom. The predicted octanol–water partition coefficient (Wildman–Crippen LogP) is 2.33. The Kier molecular flexibility index (Phi) is 4.23. The molecular weight excluding hydrogens is 306 g/mol. The summed E-state index contributed by atoms with van der Waals surface area (Å²) in [6.45, 7) is 5.85. The van der Waals surface area contributed by atoms with E-state index in [1.807, 2.05) is 4.90 Å². The third-order valence-corrected chi connectivity index (χ3v) is 6.72. The maximum atomic E-state index is 12.1. The third-order valence-electron chi connectivity index (χ3n) is 3.54. The molecule has 19 heavy (non-hydrogen) atoms. The fourth-order valence-corrected chi connectivity index (χ4v) is 4.29. The van der Waals surface area contributed by atoms with Crippen LogP contribution in [0.3, 0.4) is 0 Å². The molecule has 1 aliphatic heterocycles. The summed E-state index contributed by atoms with van der Waals surface area (Å²) >= 11 is 1.06. The standard InChI is InChI=1S/C12H16ClNO3S2/c1-8-6-14(7-9(8)2)11(15)5-10-3-4-12(18-10)19(13,16)17/h3-4,8-9H,5-7H2,1-2H3. The molecule has 1 aromatic rings. The topological polar surface area (TPSA) is 54.5 Å². The van der Waals surface area contributed by atoms with Gasteiger partial charge in [-0.3, -0.25) is 4.79 Å². The van der Waals surface area contributed by atoms with Crippen LogP contribution in [0, 0.1) is 11.8 Å².